The fourth-order valence-electron chi connectivity index (χ4n) is 3.86. The average molecular weight is 278 g/mol. The van der Waals surface area contributed by atoms with Crippen LogP contribution >= 0.6 is 11.3 Å². The van der Waals surface area contributed by atoms with Crippen molar-refractivity contribution in [3.8, 4) is 0 Å². The number of thiazole rings is 1. The van der Waals surface area contributed by atoms with Crippen LogP contribution in [-0.2, 0) is 18.4 Å². The number of rotatable bonds is 4. The van der Waals surface area contributed by atoms with Gasteiger partial charge in [-0.1, -0.05) is 27.2 Å². The van der Waals surface area contributed by atoms with Crippen LogP contribution in [0.15, 0.2) is 0 Å². The minimum atomic E-state index is 0.137. The molecule has 1 unspecified atom stereocenters. The minimum absolute atomic E-state index is 0.137. The van der Waals surface area contributed by atoms with Gasteiger partial charge >= 0.3 is 0 Å². The molecule has 1 fully saturated rings. The number of nitrogens with one attached hydrogen (secondary N) is 1. The fraction of sp³-hybridized carbons (Fsp3) is 0.812. The summed E-state index contributed by atoms with van der Waals surface area (Å²) in [6.45, 7) is 8.21. The first kappa shape index (κ1) is 13.6. The van der Waals surface area contributed by atoms with Crippen LogP contribution in [0.25, 0.3) is 0 Å². The van der Waals surface area contributed by atoms with E-state index in [4.69, 9.17) is 4.98 Å². The molecular formula is C16H26N2S. The highest BCUT2D eigenvalue weighted by atomic mass is 32.1. The van der Waals surface area contributed by atoms with E-state index in [1.807, 2.05) is 11.3 Å². The lowest BCUT2D eigenvalue weighted by atomic mass is 9.75. The van der Waals surface area contributed by atoms with Crippen LogP contribution in [0, 0.1) is 5.41 Å². The molecule has 3 heteroatoms. The number of aryl methyl sites for hydroxylation is 2. The molecule has 1 aromatic rings. The minimum Gasteiger partial charge on any atom is -0.305 e. The Morgan fingerprint density at radius 1 is 1.21 bits per heavy atom. The highest BCUT2D eigenvalue weighted by Gasteiger charge is 2.51. The van der Waals surface area contributed by atoms with E-state index in [1.54, 1.807) is 4.88 Å². The van der Waals surface area contributed by atoms with Gasteiger partial charge in [-0.2, -0.15) is 0 Å². The van der Waals surface area contributed by atoms with Crippen LogP contribution in [-0.4, -0.2) is 11.5 Å². The largest absolute Gasteiger partial charge is 0.305 e. The van der Waals surface area contributed by atoms with Crippen molar-refractivity contribution in [3.63, 3.8) is 0 Å². The molecule has 0 aromatic carbocycles. The molecule has 2 aliphatic rings. The van der Waals surface area contributed by atoms with Crippen molar-refractivity contribution >= 4 is 11.3 Å². The molecule has 0 bridgehead atoms. The van der Waals surface area contributed by atoms with Crippen LogP contribution in [0.2, 0.25) is 0 Å². The fourth-order valence-corrected chi connectivity index (χ4v) is 5.38. The van der Waals surface area contributed by atoms with Gasteiger partial charge in [0.15, 0.2) is 0 Å². The van der Waals surface area contributed by atoms with E-state index in [2.05, 4.69) is 26.1 Å². The van der Waals surface area contributed by atoms with Gasteiger partial charge in [0, 0.05) is 4.88 Å². The van der Waals surface area contributed by atoms with E-state index in [9.17, 15) is 0 Å². The van der Waals surface area contributed by atoms with Gasteiger partial charge in [-0.15, -0.1) is 11.3 Å². The van der Waals surface area contributed by atoms with Crippen molar-refractivity contribution in [1.82, 2.24) is 10.3 Å². The van der Waals surface area contributed by atoms with Gasteiger partial charge in [0.05, 0.1) is 11.2 Å². The first-order valence-corrected chi connectivity index (χ1v) is 8.65. The average Bonchev–Trinajstić information content (AvgIpc) is 2.99. The van der Waals surface area contributed by atoms with Crippen LogP contribution < -0.4 is 5.32 Å². The smallest absolute Gasteiger partial charge is 0.114 e. The molecule has 1 heterocycles. The van der Waals surface area contributed by atoms with Gasteiger partial charge in [-0.25, -0.2) is 4.98 Å². The second-order valence-electron chi connectivity index (χ2n) is 6.81. The van der Waals surface area contributed by atoms with Gasteiger partial charge in [-0.3, -0.25) is 0 Å². The Morgan fingerprint density at radius 3 is 2.68 bits per heavy atom. The predicted molar refractivity (Wildman–Crippen MR) is 81.7 cm³/mol. The lowest BCUT2D eigenvalue weighted by Gasteiger charge is -2.41. The molecule has 0 radical (unpaired) electrons. The Labute approximate surface area is 121 Å². The Hall–Kier alpha value is -0.410. The van der Waals surface area contributed by atoms with Gasteiger partial charge in [-0.05, 0) is 50.5 Å². The van der Waals surface area contributed by atoms with E-state index < -0.39 is 0 Å². The van der Waals surface area contributed by atoms with Gasteiger partial charge in [0.2, 0.25) is 0 Å². The summed E-state index contributed by atoms with van der Waals surface area (Å²) in [4.78, 5) is 6.61. The molecule has 0 amide bonds. The summed E-state index contributed by atoms with van der Waals surface area (Å²) in [5, 5.41) is 5.27. The maximum atomic E-state index is 5.05. The zero-order valence-corrected chi connectivity index (χ0v) is 13.3. The summed E-state index contributed by atoms with van der Waals surface area (Å²) < 4.78 is 0. The zero-order valence-electron chi connectivity index (χ0n) is 12.5. The molecule has 1 N–H and O–H groups in total. The van der Waals surface area contributed by atoms with E-state index >= 15 is 0 Å². The molecular weight excluding hydrogens is 252 g/mol. The van der Waals surface area contributed by atoms with Crippen LogP contribution in [0.1, 0.15) is 68.5 Å². The number of hydrogen-bond acceptors (Lipinski definition) is 3. The van der Waals surface area contributed by atoms with E-state index in [0.29, 0.717) is 5.41 Å². The number of fused-ring (bicyclic) bond motifs is 1. The second-order valence-corrected chi connectivity index (χ2v) is 7.90. The first-order valence-electron chi connectivity index (χ1n) is 7.83. The van der Waals surface area contributed by atoms with Crippen molar-refractivity contribution < 1.29 is 0 Å². The third-order valence-corrected chi connectivity index (χ3v) is 6.47. The van der Waals surface area contributed by atoms with Crippen molar-refractivity contribution in [2.45, 2.75) is 71.3 Å². The van der Waals surface area contributed by atoms with Crippen molar-refractivity contribution in [1.29, 1.82) is 0 Å². The molecule has 19 heavy (non-hydrogen) atoms. The summed E-state index contributed by atoms with van der Waals surface area (Å²) >= 11 is 2.00. The number of hydrogen-bond donors (Lipinski definition) is 1. The van der Waals surface area contributed by atoms with Crippen LogP contribution in [0.5, 0.6) is 0 Å². The molecule has 0 aliphatic heterocycles. The monoisotopic (exact) mass is 278 g/mol. The SMILES string of the molecule is CCCNC1(c2nc3c(s2)CCC3)CCCC1(C)C. The molecule has 2 nitrogen and oxygen atoms in total. The van der Waals surface area contributed by atoms with E-state index in [0.717, 1.165) is 6.54 Å². The number of aromatic nitrogens is 1. The summed E-state index contributed by atoms with van der Waals surface area (Å²) in [5.41, 5.74) is 1.87. The highest BCUT2D eigenvalue weighted by molar-refractivity contribution is 7.12. The van der Waals surface area contributed by atoms with E-state index in [1.165, 1.54) is 55.6 Å². The Kier molecular flexibility index (Phi) is 3.46. The Morgan fingerprint density at radius 2 is 2.05 bits per heavy atom. The molecule has 0 saturated heterocycles. The summed E-state index contributed by atoms with van der Waals surface area (Å²) in [6.07, 6.45) is 8.87. The van der Waals surface area contributed by atoms with Gasteiger partial charge < -0.3 is 5.32 Å². The standard InChI is InChI=1S/C16H26N2S/c1-4-11-17-16(10-6-9-15(16,2)3)14-18-12-7-5-8-13(12)19-14/h17H,4-11H2,1-3H3. The van der Waals surface area contributed by atoms with Gasteiger partial charge in [0.25, 0.3) is 0 Å². The van der Waals surface area contributed by atoms with Crippen molar-refractivity contribution in [2.24, 2.45) is 5.41 Å². The van der Waals surface area contributed by atoms with Crippen LogP contribution in [0.3, 0.4) is 0 Å². The lowest BCUT2D eigenvalue weighted by molar-refractivity contribution is 0.156. The second kappa shape index (κ2) is 4.85. The Bertz CT molecular complexity index is 442. The topological polar surface area (TPSA) is 24.9 Å². The maximum absolute atomic E-state index is 5.05. The van der Waals surface area contributed by atoms with Crippen molar-refractivity contribution in [3.05, 3.63) is 15.6 Å². The summed E-state index contributed by atoms with van der Waals surface area (Å²) in [5.74, 6) is 0. The molecule has 3 rings (SSSR count). The van der Waals surface area contributed by atoms with Gasteiger partial charge in [0.1, 0.15) is 5.01 Å². The number of nitrogens with zero attached hydrogens (tertiary/aromatic N) is 1. The summed E-state index contributed by atoms with van der Waals surface area (Å²) in [7, 11) is 0. The third-order valence-electron chi connectivity index (χ3n) is 5.15. The molecule has 1 aromatic heterocycles. The van der Waals surface area contributed by atoms with E-state index in [-0.39, 0.29) is 5.54 Å². The van der Waals surface area contributed by atoms with Crippen molar-refractivity contribution in [2.75, 3.05) is 6.54 Å². The third kappa shape index (κ3) is 2.06. The highest BCUT2D eigenvalue weighted by Crippen LogP contribution is 2.53. The summed E-state index contributed by atoms with van der Waals surface area (Å²) in [6, 6.07) is 0. The lowest BCUT2D eigenvalue weighted by Crippen LogP contribution is -2.50. The van der Waals surface area contributed by atoms with Crippen LogP contribution in [0.4, 0.5) is 0 Å². The normalized spacial score (nSPS) is 28.8. The molecule has 0 spiro atoms. The quantitative estimate of drug-likeness (QED) is 0.899. The molecule has 1 saturated carbocycles. The predicted octanol–water partition coefficient (Wildman–Crippen LogP) is 4.04. The maximum Gasteiger partial charge on any atom is 0.114 e. The first-order chi connectivity index (χ1) is 9.09. The molecule has 1 atom stereocenters. The Balaban J connectivity index is 1.98. The molecule has 2 aliphatic carbocycles. The zero-order chi connectivity index (χ0) is 13.5. The molecule has 106 valence electrons.